The first kappa shape index (κ1) is 19.3. The predicted octanol–water partition coefficient (Wildman–Crippen LogP) is 3.27. The highest BCUT2D eigenvalue weighted by Crippen LogP contribution is 2.26. The molecule has 0 spiro atoms. The highest BCUT2D eigenvalue weighted by atomic mass is 32.2. The van der Waals surface area contributed by atoms with Crippen LogP contribution in [0.5, 0.6) is 11.5 Å². The maximum Gasteiger partial charge on any atom is 0.240 e. The molecular weight excluding hydrogens is 338 g/mol. The van der Waals surface area contributed by atoms with Gasteiger partial charge >= 0.3 is 0 Å². The molecule has 0 aliphatic carbocycles. The van der Waals surface area contributed by atoms with Gasteiger partial charge in [-0.15, -0.1) is 0 Å². The van der Waals surface area contributed by atoms with E-state index in [-0.39, 0.29) is 16.9 Å². The van der Waals surface area contributed by atoms with Crippen molar-refractivity contribution in [2.24, 2.45) is 0 Å². The minimum absolute atomic E-state index is 0.233. The zero-order valence-electron chi connectivity index (χ0n) is 15.3. The Bertz CT molecular complexity index is 827. The molecule has 0 radical (unpaired) electrons. The second-order valence-corrected chi connectivity index (χ2v) is 8.34. The molecule has 0 saturated heterocycles. The van der Waals surface area contributed by atoms with Crippen LogP contribution in [0.1, 0.15) is 25.0 Å². The van der Waals surface area contributed by atoms with E-state index in [1.165, 1.54) is 0 Å². The van der Waals surface area contributed by atoms with Crippen LogP contribution in [0, 0.1) is 6.92 Å². The Morgan fingerprint density at radius 1 is 1.00 bits per heavy atom. The molecule has 5 nitrogen and oxygen atoms in total. The lowest BCUT2D eigenvalue weighted by Crippen LogP contribution is -2.36. The molecule has 136 valence electrons. The van der Waals surface area contributed by atoms with Gasteiger partial charge in [0.05, 0.1) is 19.1 Å². The molecular formula is C19H25NO4S. The van der Waals surface area contributed by atoms with Gasteiger partial charge in [-0.05, 0) is 48.4 Å². The number of hydrogen-bond donors (Lipinski definition) is 1. The van der Waals surface area contributed by atoms with Gasteiger partial charge < -0.3 is 9.47 Å². The van der Waals surface area contributed by atoms with Crippen LogP contribution in [0.2, 0.25) is 0 Å². The summed E-state index contributed by atoms with van der Waals surface area (Å²) < 4.78 is 38.2. The lowest BCUT2D eigenvalue weighted by Gasteiger charge is -2.26. The smallest absolute Gasteiger partial charge is 0.240 e. The number of aryl methyl sites for hydroxylation is 1. The fraction of sp³-hybridized carbons (Fsp3) is 0.368. The van der Waals surface area contributed by atoms with Crippen molar-refractivity contribution in [3.05, 3.63) is 53.6 Å². The number of rotatable bonds is 7. The topological polar surface area (TPSA) is 64.6 Å². The molecule has 1 N–H and O–H groups in total. The Balaban J connectivity index is 2.15. The van der Waals surface area contributed by atoms with E-state index in [0.29, 0.717) is 5.75 Å². The van der Waals surface area contributed by atoms with E-state index in [4.69, 9.17) is 9.47 Å². The quantitative estimate of drug-likeness (QED) is 0.820. The third-order valence-corrected chi connectivity index (χ3v) is 5.65. The molecule has 0 bridgehead atoms. The third kappa shape index (κ3) is 4.52. The van der Waals surface area contributed by atoms with E-state index in [1.54, 1.807) is 32.4 Å². The number of benzene rings is 2. The molecule has 25 heavy (non-hydrogen) atoms. The van der Waals surface area contributed by atoms with Gasteiger partial charge in [-0.2, -0.15) is 0 Å². The molecule has 0 aliphatic rings. The summed E-state index contributed by atoms with van der Waals surface area (Å²) in [5, 5.41) is 0. The second kappa shape index (κ2) is 7.45. The summed E-state index contributed by atoms with van der Waals surface area (Å²) >= 11 is 0. The highest BCUT2D eigenvalue weighted by molar-refractivity contribution is 7.89. The van der Waals surface area contributed by atoms with Crippen LogP contribution in [-0.4, -0.2) is 29.2 Å². The van der Waals surface area contributed by atoms with Crippen LogP contribution in [-0.2, 0) is 15.4 Å². The Morgan fingerprint density at radius 3 is 2.16 bits per heavy atom. The van der Waals surface area contributed by atoms with E-state index < -0.39 is 10.0 Å². The summed E-state index contributed by atoms with van der Waals surface area (Å²) in [4.78, 5) is 0.233. The first-order valence-electron chi connectivity index (χ1n) is 7.98. The summed E-state index contributed by atoms with van der Waals surface area (Å²) in [6.07, 6.45) is 0. The zero-order valence-corrected chi connectivity index (χ0v) is 16.1. The Morgan fingerprint density at radius 2 is 1.64 bits per heavy atom. The Kier molecular flexibility index (Phi) is 5.75. The van der Waals surface area contributed by atoms with Crippen molar-refractivity contribution >= 4 is 10.0 Å². The molecule has 2 rings (SSSR count). The molecule has 0 heterocycles. The van der Waals surface area contributed by atoms with Crippen LogP contribution in [0.4, 0.5) is 0 Å². The molecule has 2 aromatic rings. The fourth-order valence-electron chi connectivity index (χ4n) is 2.52. The summed E-state index contributed by atoms with van der Waals surface area (Å²) in [6.45, 7) is 6.10. The van der Waals surface area contributed by atoms with Crippen LogP contribution in [0.25, 0.3) is 0 Å². The van der Waals surface area contributed by atoms with E-state index in [1.807, 2.05) is 45.0 Å². The maximum atomic E-state index is 12.6. The van der Waals surface area contributed by atoms with Gasteiger partial charge in [-0.3, -0.25) is 0 Å². The van der Waals surface area contributed by atoms with E-state index in [2.05, 4.69) is 4.72 Å². The summed E-state index contributed by atoms with van der Waals surface area (Å²) in [6, 6.07) is 12.5. The SMILES string of the molecule is COc1ccc(C(C)(C)CNS(=O)(=O)c2ccc(OC)c(C)c2)cc1. The van der Waals surface area contributed by atoms with Gasteiger partial charge in [-0.1, -0.05) is 26.0 Å². The van der Waals surface area contributed by atoms with Gasteiger partial charge in [0, 0.05) is 12.0 Å². The summed E-state index contributed by atoms with van der Waals surface area (Å²) in [7, 11) is -0.414. The van der Waals surface area contributed by atoms with Gasteiger partial charge in [0.25, 0.3) is 0 Å². The fourth-order valence-corrected chi connectivity index (χ4v) is 3.82. The molecule has 0 aliphatic heterocycles. The minimum Gasteiger partial charge on any atom is -0.497 e. The van der Waals surface area contributed by atoms with Crippen LogP contribution in [0.15, 0.2) is 47.4 Å². The normalized spacial score (nSPS) is 12.0. The van der Waals surface area contributed by atoms with Crippen LogP contribution < -0.4 is 14.2 Å². The first-order chi connectivity index (χ1) is 11.7. The van der Waals surface area contributed by atoms with Gasteiger partial charge in [-0.25, -0.2) is 13.1 Å². The zero-order chi connectivity index (χ0) is 18.7. The third-order valence-electron chi connectivity index (χ3n) is 4.25. The van der Waals surface area contributed by atoms with Crippen molar-refractivity contribution in [2.45, 2.75) is 31.1 Å². The average molecular weight is 363 g/mol. The minimum atomic E-state index is -3.59. The molecule has 0 unspecified atom stereocenters. The molecule has 6 heteroatoms. The van der Waals surface area contributed by atoms with Gasteiger partial charge in [0.2, 0.25) is 10.0 Å². The summed E-state index contributed by atoms with van der Waals surface area (Å²) in [5.74, 6) is 1.44. The van der Waals surface area contributed by atoms with Crippen LogP contribution >= 0.6 is 0 Å². The maximum absolute atomic E-state index is 12.6. The number of methoxy groups -OCH3 is 2. The van der Waals surface area contributed by atoms with Crippen molar-refractivity contribution in [2.75, 3.05) is 20.8 Å². The molecule has 0 atom stereocenters. The van der Waals surface area contributed by atoms with Crippen molar-refractivity contribution in [1.82, 2.24) is 4.72 Å². The van der Waals surface area contributed by atoms with Crippen molar-refractivity contribution < 1.29 is 17.9 Å². The highest BCUT2D eigenvalue weighted by Gasteiger charge is 2.24. The van der Waals surface area contributed by atoms with Crippen molar-refractivity contribution in [3.63, 3.8) is 0 Å². The Hall–Kier alpha value is -2.05. The largest absolute Gasteiger partial charge is 0.497 e. The van der Waals surface area contributed by atoms with Gasteiger partial charge in [0.1, 0.15) is 11.5 Å². The molecule has 0 fully saturated rings. The Labute approximate surface area is 150 Å². The number of sulfonamides is 1. The monoisotopic (exact) mass is 363 g/mol. The molecule has 0 aromatic heterocycles. The lowest BCUT2D eigenvalue weighted by atomic mass is 9.85. The lowest BCUT2D eigenvalue weighted by molar-refractivity contribution is 0.411. The average Bonchev–Trinajstić information content (AvgIpc) is 2.60. The molecule has 0 amide bonds. The summed E-state index contributed by atoms with van der Waals surface area (Å²) in [5.41, 5.74) is 1.45. The van der Waals surface area contributed by atoms with Crippen LogP contribution in [0.3, 0.4) is 0 Å². The van der Waals surface area contributed by atoms with E-state index >= 15 is 0 Å². The van der Waals surface area contributed by atoms with Crippen molar-refractivity contribution in [1.29, 1.82) is 0 Å². The standard InChI is InChI=1S/C19H25NO4S/c1-14-12-17(10-11-18(14)24-5)25(21,22)20-13-19(2,3)15-6-8-16(23-4)9-7-15/h6-12,20H,13H2,1-5H3. The van der Waals surface area contributed by atoms with Crippen molar-refractivity contribution in [3.8, 4) is 11.5 Å². The molecule has 0 saturated carbocycles. The van der Waals surface area contributed by atoms with Gasteiger partial charge in [0.15, 0.2) is 0 Å². The van der Waals surface area contributed by atoms with E-state index in [9.17, 15) is 8.42 Å². The predicted molar refractivity (Wildman–Crippen MR) is 98.9 cm³/mol. The molecule has 2 aromatic carbocycles. The number of nitrogens with one attached hydrogen (secondary N) is 1. The number of ether oxygens (including phenoxy) is 2. The first-order valence-corrected chi connectivity index (χ1v) is 9.47. The number of hydrogen-bond acceptors (Lipinski definition) is 4. The van der Waals surface area contributed by atoms with E-state index in [0.717, 1.165) is 16.9 Å². The second-order valence-electron chi connectivity index (χ2n) is 6.57.